The van der Waals surface area contributed by atoms with Crippen LogP contribution in [0.4, 0.5) is 0 Å². The van der Waals surface area contributed by atoms with Gasteiger partial charge >= 0.3 is 5.97 Å². The van der Waals surface area contributed by atoms with Crippen molar-refractivity contribution in [1.29, 1.82) is 0 Å². The smallest absolute Gasteiger partial charge is 0.310 e. The Hall–Kier alpha value is -1.10. The van der Waals surface area contributed by atoms with E-state index >= 15 is 0 Å². The molecule has 1 atom stereocenters. The van der Waals surface area contributed by atoms with Crippen LogP contribution in [0.2, 0.25) is 0 Å². The summed E-state index contributed by atoms with van der Waals surface area (Å²) < 4.78 is 0. The third-order valence-electron chi connectivity index (χ3n) is 3.32. The normalized spacial score (nSPS) is 22.2. The molecule has 1 rings (SSSR count). The Balaban J connectivity index is 2.56. The van der Waals surface area contributed by atoms with Crippen molar-refractivity contribution in [3.63, 3.8) is 0 Å². The Morgan fingerprint density at radius 3 is 2.65 bits per heavy atom. The highest BCUT2D eigenvalue weighted by atomic mass is 16.4. The fraction of sp³-hybridized carbons (Fsp3) is 0.833. The molecule has 1 unspecified atom stereocenters. The minimum Gasteiger partial charge on any atom is -0.481 e. The molecule has 5 nitrogen and oxygen atoms in total. The maximum absolute atomic E-state index is 11.6. The molecule has 1 fully saturated rings. The number of carboxylic acids is 1. The van der Waals surface area contributed by atoms with E-state index in [2.05, 4.69) is 10.2 Å². The largest absolute Gasteiger partial charge is 0.481 e. The first-order valence-electron chi connectivity index (χ1n) is 6.04. The topological polar surface area (TPSA) is 69.6 Å². The lowest BCUT2D eigenvalue weighted by atomic mass is 9.90. The van der Waals surface area contributed by atoms with E-state index in [1.54, 1.807) is 20.9 Å². The van der Waals surface area contributed by atoms with E-state index in [0.29, 0.717) is 13.1 Å². The Morgan fingerprint density at radius 1 is 1.47 bits per heavy atom. The monoisotopic (exact) mass is 242 g/mol. The molecule has 0 radical (unpaired) electrons. The molecule has 1 aliphatic heterocycles. The van der Waals surface area contributed by atoms with Gasteiger partial charge in [0.25, 0.3) is 0 Å². The lowest BCUT2D eigenvalue weighted by Gasteiger charge is -2.35. The molecule has 1 amide bonds. The van der Waals surface area contributed by atoms with Gasteiger partial charge in [0.1, 0.15) is 0 Å². The average Bonchev–Trinajstić information content (AvgIpc) is 2.27. The summed E-state index contributed by atoms with van der Waals surface area (Å²) in [4.78, 5) is 24.7. The number of likely N-dealkylation sites (tertiary alicyclic amines) is 1. The van der Waals surface area contributed by atoms with Gasteiger partial charge in [-0.05, 0) is 33.2 Å². The number of nitrogens with one attached hydrogen (secondary N) is 1. The molecule has 1 heterocycles. The van der Waals surface area contributed by atoms with Crippen LogP contribution >= 0.6 is 0 Å². The third kappa shape index (κ3) is 3.70. The third-order valence-corrected chi connectivity index (χ3v) is 3.32. The second-order valence-electron chi connectivity index (χ2n) is 5.38. The molecule has 17 heavy (non-hydrogen) atoms. The van der Waals surface area contributed by atoms with Crippen molar-refractivity contribution in [2.75, 3.05) is 26.7 Å². The van der Waals surface area contributed by atoms with E-state index in [0.717, 1.165) is 19.4 Å². The zero-order valence-corrected chi connectivity index (χ0v) is 10.8. The highest BCUT2D eigenvalue weighted by molar-refractivity contribution is 5.78. The number of amides is 1. The number of carboxylic acid groups (broad SMARTS) is 1. The molecule has 0 aliphatic carbocycles. The summed E-state index contributed by atoms with van der Waals surface area (Å²) in [6.07, 6.45) is 1.84. The van der Waals surface area contributed by atoms with Gasteiger partial charge in [0.05, 0.1) is 11.3 Å². The van der Waals surface area contributed by atoms with E-state index in [4.69, 9.17) is 5.11 Å². The molecular formula is C12H22N2O3. The number of rotatable bonds is 4. The summed E-state index contributed by atoms with van der Waals surface area (Å²) in [5.74, 6) is -0.735. The van der Waals surface area contributed by atoms with Crippen LogP contribution < -0.4 is 5.32 Å². The maximum atomic E-state index is 11.6. The average molecular weight is 242 g/mol. The van der Waals surface area contributed by atoms with Crippen LogP contribution in [0.1, 0.15) is 26.7 Å². The molecule has 1 aliphatic rings. The summed E-state index contributed by atoms with van der Waals surface area (Å²) in [5, 5.41) is 11.7. The van der Waals surface area contributed by atoms with Gasteiger partial charge in [-0.25, -0.2) is 0 Å². The van der Waals surface area contributed by atoms with Gasteiger partial charge in [-0.15, -0.1) is 0 Å². The standard InChI is InChI=1S/C12H22N2O3/c1-12(2,11(16)17)8-14-6-4-5-9(7-14)10(15)13-3/h9H,4-8H2,1-3H3,(H,13,15)(H,16,17). The predicted molar refractivity (Wildman–Crippen MR) is 64.6 cm³/mol. The zero-order chi connectivity index (χ0) is 13.1. The highest BCUT2D eigenvalue weighted by Crippen LogP contribution is 2.22. The minimum atomic E-state index is -0.792. The van der Waals surface area contributed by atoms with Crippen LogP contribution in [-0.4, -0.2) is 48.6 Å². The fourth-order valence-electron chi connectivity index (χ4n) is 2.24. The van der Waals surface area contributed by atoms with Crippen molar-refractivity contribution in [1.82, 2.24) is 10.2 Å². The van der Waals surface area contributed by atoms with Gasteiger partial charge in [-0.1, -0.05) is 0 Å². The second kappa shape index (κ2) is 5.49. The minimum absolute atomic E-state index is 0.00153. The van der Waals surface area contributed by atoms with Gasteiger partial charge in [0.2, 0.25) is 5.91 Å². The number of hydrogen-bond donors (Lipinski definition) is 2. The molecule has 0 aromatic heterocycles. The molecule has 0 saturated carbocycles. The van der Waals surface area contributed by atoms with Gasteiger partial charge < -0.3 is 15.3 Å². The van der Waals surface area contributed by atoms with Crippen molar-refractivity contribution in [2.24, 2.45) is 11.3 Å². The Kier molecular flexibility index (Phi) is 4.51. The maximum Gasteiger partial charge on any atom is 0.310 e. The number of carbonyl (C=O) groups is 2. The molecule has 0 spiro atoms. The van der Waals surface area contributed by atoms with E-state index in [-0.39, 0.29) is 11.8 Å². The van der Waals surface area contributed by atoms with Crippen LogP contribution in [-0.2, 0) is 9.59 Å². The molecule has 0 aromatic carbocycles. The van der Waals surface area contributed by atoms with Gasteiger partial charge in [0.15, 0.2) is 0 Å². The molecule has 2 N–H and O–H groups in total. The summed E-state index contributed by atoms with van der Waals surface area (Å²) in [6.45, 7) is 5.48. The first-order chi connectivity index (χ1) is 7.86. The van der Waals surface area contributed by atoms with Crippen LogP contribution in [0.25, 0.3) is 0 Å². The highest BCUT2D eigenvalue weighted by Gasteiger charge is 2.33. The number of aliphatic carboxylic acids is 1. The van der Waals surface area contributed by atoms with E-state index in [1.165, 1.54) is 0 Å². The summed E-state index contributed by atoms with van der Waals surface area (Å²) in [7, 11) is 1.64. The molecular weight excluding hydrogens is 220 g/mol. The summed E-state index contributed by atoms with van der Waals surface area (Å²) in [6, 6.07) is 0. The Morgan fingerprint density at radius 2 is 2.12 bits per heavy atom. The van der Waals surface area contributed by atoms with E-state index in [1.807, 2.05) is 0 Å². The SMILES string of the molecule is CNC(=O)C1CCCN(CC(C)(C)C(=O)O)C1. The molecule has 0 bridgehead atoms. The van der Waals surface area contributed by atoms with Gasteiger partial charge in [-0.3, -0.25) is 9.59 Å². The van der Waals surface area contributed by atoms with Crippen LogP contribution in [0.3, 0.4) is 0 Å². The van der Waals surface area contributed by atoms with Crippen molar-refractivity contribution in [3.8, 4) is 0 Å². The Bertz CT molecular complexity index is 302. The lowest BCUT2D eigenvalue weighted by Crippen LogP contribution is -2.47. The Labute approximate surface area is 102 Å². The number of nitrogens with zero attached hydrogens (tertiary/aromatic N) is 1. The number of hydrogen-bond acceptors (Lipinski definition) is 3. The summed E-state index contributed by atoms with van der Waals surface area (Å²) in [5.41, 5.74) is -0.759. The van der Waals surface area contributed by atoms with Crippen molar-refractivity contribution in [3.05, 3.63) is 0 Å². The number of carbonyl (C=O) groups excluding carboxylic acids is 1. The van der Waals surface area contributed by atoms with Crippen LogP contribution in [0.5, 0.6) is 0 Å². The van der Waals surface area contributed by atoms with Crippen molar-refractivity contribution in [2.45, 2.75) is 26.7 Å². The van der Waals surface area contributed by atoms with E-state index < -0.39 is 11.4 Å². The van der Waals surface area contributed by atoms with Crippen LogP contribution in [0, 0.1) is 11.3 Å². The van der Waals surface area contributed by atoms with Crippen molar-refractivity contribution >= 4 is 11.9 Å². The van der Waals surface area contributed by atoms with Gasteiger partial charge in [-0.2, -0.15) is 0 Å². The van der Waals surface area contributed by atoms with Crippen LogP contribution in [0.15, 0.2) is 0 Å². The second-order valence-corrected chi connectivity index (χ2v) is 5.38. The number of piperidine rings is 1. The fourth-order valence-corrected chi connectivity index (χ4v) is 2.24. The zero-order valence-electron chi connectivity index (χ0n) is 10.8. The first-order valence-corrected chi connectivity index (χ1v) is 6.04. The van der Waals surface area contributed by atoms with Gasteiger partial charge in [0, 0.05) is 20.1 Å². The van der Waals surface area contributed by atoms with E-state index in [9.17, 15) is 9.59 Å². The molecule has 5 heteroatoms. The molecule has 0 aromatic rings. The summed E-state index contributed by atoms with van der Waals surface area (Å²) >= 11 is 0. The molecule has 1 saturated heterocycles. The van der Waals surface area contributed by atoms with Crippen molar-refractivity contribution < 1.29 is 14.7 Å². The first kappa shape index (κ1) is 14.0. The quantitative estimate of drug-likeness (QED) is 0.755. The molecule has 98 valence electrons. The lowest BCUT2D eigenvalue weighted by molar-refractivity contribution is -0.148. The predicted octanol–water partition coefficient (Wildman–Crippen LogP) is 0.555.